The highest BCUT2D eigenvalue weighted by atomic mass is 79.9. The largest absolute Gasteiger partial charge is 1.00 e. The van der Waals surface area contributed by atoms with Crippen molar-refractivity contribution in [3.63, 3.8) is 0 Å². The molecule has 0 fully saturated rings. The fourth-order valence-electron chi connectivity index (χ4n) is 2.69. The van der Waals surface area contributed by atoms with Crippen molar-refractivity contribution in [2.45, 2.75) is 72.1 Å². The van der Waals surface area contributed by atoms with E-state index in [1.807, 2.05) is 0 Å². The molecule has 0 unspecified atom stereocenters. The van der Waals surface area contributed by atoms with Gasteiger partial charge in [-0.3, -0.25) is 0 Å². The van der Waals surface area contributed by atoms with Gasteiger partial charge in [0.25, 0.3) is 0 Å². The lowest BCUT2D eigenvalue weighted by atomic mass is 10.1. The van der Waals surface area contributed by atoms with Gasteiger partial charge in [-0.2, -0.15) is 0 Å². The summed E-state index contributed by atoms with van der Waals surface area (Å²) in [6.07, 6.45) is 11.0. The van der Waals surface area contributed by atoms with Gasteiger partial charge >= 0.3 is 0 Å². The minimum atomic E-state index is 0. The predicted octanol–water partition coefficient (Wildman–Crippen LogP) is 2.38. The minimum Gasteiger partial charge on any atom is -1.00 e. The molecule has 0 aliphatic heterocycles. The average Bonchev–Trinajstić information content (AvgIpc) is 2.40. The van der Waals surface area contributed by atoms with Gasteiger partial charge in [0.05, 0.1) is 26.2 Å². The topological polar surface area (TPSA) is 0 Å². The zero-order valence-electron chi connectivity index (χ0n) is 13.4. The molecule has 0 amide bonds. The Bertz CT molecular complexity index is 152. The fourth-order valence-corrected chi connectivity index (χ4v) is 3.09. The SMILES string of the molecule is CCCC[N+](CCCC)(CCCC)CCCCBr.[Br-]. The van der Waals surface area contributed by atoms with E-state index >= 15 is 0 Å². The molecule has 19 heavy (non-hydrogen) atoms. The summed E-state index contributed by atoms with van der Waals surface area (Å²) in [5, 5.41) is 1.17. The van der Waals surface area contributed by atoms with E-state index < -0.39 is 0 Å². The van der Waals surface area contributed by atoms with Crippen LogP contribution in [0, 0.1) is 0 Å². The average molecular weight is 401 g/mol. The fraction of sp³-hybridized carbons (Fsp3) is 1.00. The third-order valence-electron chi connectivity index (χ3n) is 3.97. The molecular formula is C16H35Br2N. The Morgan fingerprint density at radius 2 is 1.00 bits per heavy atom. The quantitative estimate of drug-likeness (QED) is 0.253. The van der Waals surface area contributed by atoms with E-state index in [0.717, 1.165) is 0 Å². The number of hydrogen-bond donors (Lipinski definition) is 0. The molecule has 3 heteroatoms. The van der Waals surface area contributed by atoms with Crippen LogP contribution in [-0.2, 0) is 0 Å². The Hall–Kier alpha value is 0.920. The third-order valence-corrected chi connectivity index (χ3v) is 4.53. The molecule has 0 saturated carbocycles. The first-order valence-electron chi connectivity index (χ1n) is 8.15. The molecule has 0 N–H and O–H groups in total. The molecule has 0 aromatic rings. The molecule has 0 heterocycles. The lowest BCUT2D eigenvalue weighted by molar-refractivity contribution is -0.929. The summed E-state index contributed by atoms with van der Waals surface area (Å²) in [5.74, 6) is 0. The molecule has 0 atom stereocenters. The van der Waals surface area contributed by atoms with Gasteiger partial charge in [-0.25, -0.2) is 0 Å². The molecule has 0 aromatic carbocycles. The van der Waals surface area contributed by atoms with Crippen molar-refractivity contribution in [2.75, 3.05) is 31.5 Å². The molecule has 0 bridgehead atoms. The highest BCUT2D eigenvalue weighted by molar-refractivity contribution is 9.09. The number of unbranched alkanes of at least 4 members (excludes halogenated alkanes) is 4. The first-order valence-corrected chi connectivity index (χ1v) is 9.27. The number of quaternary nitrogens is 1. The highest BCUT2D eigenvalue weighted by Crippen LogP contribution is 2.16. The standard InChI is InChI=1S/C16H35BrN.BrH/c1-4-7-13-18(14-8-5-2,15-9-6-3)16-11-10-12-17;/h4-16H2,1-3H3;1H/q+1;/p-1. The van der Waals surface area contributed by atoms with Crippen LogP contribution < -0.4 is 17.0 Å². The van der Waals surface area contributed by atoms with Crippen LogP contribution in [-0.4, -0.2) is 36.0 Å². The summed E-state index contributed by atoms with van der Waals surface area (Å²) < 4.78 is 1.41. The minimum absolute atomic E-state index is 0. The summed E-state index contributed by atoms with van der Waals surface area (Å²) in [4.78, 5) is 0. The van der Waals surface area contributed by atoms with E-state index in [1.54, 1.807) is 0 Å². The second-order valence-electron chi connectivity index (χ2n) is 5.69. The summed E-state index contributed by atoms with van der Waals surface area (Å²) in [5.41, 5.74) is 0. The first kappa shape index (κ1) is 22.2. The Morgan fingerprint density at radius 3 is 1.32 bits per heavy atom. The molecule has 0 radical (unpaired) electrons. The van der Waals surface area contributed by atoms with E-state index in [-0.39, 0.29) is 17.0 Å². The Balaban J connectivity index is 0. The molecule has 1 nitrogen and oxygen atoms in total. The normalized spacial score (nSPS) is 11.4. The molecular weight excluding hydrogens is 366 g/mol. The zero-order valence-corrected chi connectivity index (χ0v) is 16.6. The molecule has 0 saturated heterocycles. The van der Waals surface area contributed by atoms with Gasteiger partial charge in [0.2, 0.25) is 0 Å². The number of nitrogens with zero attached hydrogens (tertiary/aromatic N) is 1. The monoisotopic (exact) mass is 399 g/mol. The van der Waals surface area contributed by atoms with Crippen molar-refractivity contribution in [2.24, 2.45) is 0 Å². The van der Waals surface area contributed by atoms with Gasteiger partial charge < -0.3 is 21.5 Å². The summed E-state index contributed by atoms with van der Waals surface area (Å²) in [7, 11) is 0. The van der Waals surface area contributed by atoms with E-state index in [9.17, 15) is 0 Å². The Morgan fingerprint density at radius 1 is 0.632 bits per heavy atom. The van der Waals surface area contributed by atoms with Gasteiger partial charge in [-0.15, -0.1) is 0 Å². The van der Waals surface area contributed by atoms with Gasteiger partial charge in [0.15, 0.2) is 0 Å². The van der Waals surface area contributed by atoms with Crippen LogP contribution >= 0.6 is 15.9 Å². The summed E-state index contributed by atoms with van der Waals surface area (Å²) in [6, 6.07) is 0. The van der Waals surface area contributed by atoms with Crippen molar-refractivity contribution in [3.05, 3.63) is 0 Å². The van der Waals surface area contributed by atoms with Crippen molar-refractivity contribution in [1.29, 1.82) is 0 Å². The molecule has 118 valence electrons. The van der Waals surface area contributed by atoms with Crippen molar-refractivity contribution in [3.8, 4) is 0 Å². The number of halogens is 2. The lowest BCUT2D eigenvalue weighted by Gasteiger charge is -2.39. The van der Waals surface area contributed by atoms with Gasteiger partial charge in [-0.05, 0) is 32.1 Å². The number of alkyl halides is 1. The predicted molar refractivity (Wildman–Crippen MR) is 87.5 cm³/mol. The van der Waals surface area contributed by atoms with Crippen LogP contribution in [0.5, 0.6) is 0 Å². The van der Waals surface area contributed by atoms with E-state index in [1.165, 1.54) is 87.4 Å². The molecule has 0 aliphatic carbocycles. The molecule has 0 rings (SSSR count). The zero-order chi connectivity index (χ0) is 13.7. The van der Waals surface area contributed by atoms with Gasteiger partial charge in [0, 0.05) is 5.33 Å². The van der Waals surface area contributed by atoms with E-state index in [0.29, 0.717) is 0 Å². The van der Waals surface area contributed by atoms with E-state index in [2.05, 4.69) is 36.7 Å². The maximum atomic E-state index is 3.57. The van der Waals surface area contributed by atoms with Crippen LogP contribution in [0.15, 0.2) is 0 Å². The van der Waals surface area contributed by atoms with Gasteiger partial charge in [0.1, 0.15) is 0 Å². The second-order valence-corrected chi connectivity index (χ2v) is 6.49. The summed E-state index contributed by atoms with van der Waals surface area (Å²) in [6.45, 7) is 12.6. The molecule has 0 aliphatic rings. The van der Waals surface area contributed by atoms with Crippen molar-refractivity contribution < 1.29 is 21.5 Å². The van der Waals surface area contributed by atoms with Crippen LogP contribution in [0.2, 0.25) is 0 Å². The van der Waals surface area contributed by atoms with Crippen molar-refractivity contribution >= 4 is 15.9 Å². The van der Waals surface area contributed by atoms with Crippen LogP contribution in [0.25, 0.3) is 0 Å². The molecule has 0 aromatic heterocycles. The summed E-state index contributed by atoms with van der Waals surface area (Å²) >= 11 is 3.57. The first-order chi connectivity index (χ1) is 8.74. The maximum absolute atomic E-state index is 3.57. The third kappa shape index (κ3) is 11.3. The number of hydrogen-bond acceptors (Lipinski definition) is 0. The smallest absolute Gasteiger partial charge is 0.0786 e. The highest BCUT2D eigenvalue weighted by Gasteiger charge is 2.24. The van der Waals surface area contributed by atoms with Crippen LogP contribution in [0.1, 0.15) is 72.1 Å². The van der Waals surface area contributed by atoms with Crippen LogP contribution in [0.3, 0.4) is 0 Å². The second kappa shape index (κ2) is 15.3. The lowest BCUT2D eigenvalue weighted by Crippen LogP contribution is -3.00. The van der Waals surface area contributed by atoms with Gasteiger partial charge in [-0.1, -0.05) is 56.0 Å². The molecule has 0 spiro atoms. The Labute approximate surface area is 141 Å². The Kier molecular flexibility index (Phi) is 17.9. The van der Waals surface area contributed by atoms with E-state index in [4.69, 9.17) is 0 Å². The van der Waals surface area contributed by atoms with Crippen molar-refractivity contribution in [1.82, 2.24) is 0 Å². The maximum Gasteiger partial charge on any atom is 0.0786 e. The van der Waals surface area contributed by atoms with Crippen LogP contribution in [0.4, 0.5) is 0 Å². The number of rotatable bonds is 13.